The molecule has 0 radical (unpaired) electrons. The van der Waals surface area contributed by atoms with E-state index >= 15 is 0 Å². The second-order valence-corrected chi connectivity index (χ2v) is 7.47. The fraction of sp³-hybridized carbons (Fsp3) is 0.200. The lowest BCUT2D eigenvalue weighted by molar-refractivity contribution is 0.734. The number of aromatic nitrogens is 2. The highest BCUT2D eigenvalue weighted by atomic mass is 79.9. The van der Waals surface area contributed by atoms with Crippen LogP contribution in [-0.2, 0) is 6.54 Å². The van der Waals surface area contributed by atoms with Gasteiger partial charge in [0.1, 0.15) is 4.83 Å². The number of hydrogen-bond donors (Lipinski definition) is 1. The Morgan fingerprint density at radius 3 is 2.86 bits per heavy atom. The largest absolute Gasteiger partial charge is 0.323 e. The molecule has 0 aliphatic rings. The Labute approximate surface area is 139 Å². The van der Waals surface area contributed by atoms with E-state index in [1.54, 1.807) is 15.9 Å². The SMILES string of the molecule is Cc1sc2[nH]c(=S)n(Cc3cccc(Br)c3)c(=O)c2c1C. The molecule has 0 atom stereocenters. The third kappa shape index (κ3) is 2.63. The molecule has 0 spiro atoms. The third-order valence-corrected chi connectivity index (χ3v) is 5.48. The highest BCUT2D eigenvalue weighted by molar-refractivity contribution is 9.10. The van der Waals surface area contributed by atoms with Crippen LogP contribution in [0.2, 0.25) is 0 Å². The zero-order valence-electron chi connectivity index (χ0n) is 11.6. The number of aromatic amines is 1. The van der Waals surface area contributed by atoms with E-state index in [2.05, 4.69) is 20.9 Å². The summed E-state index contributed by atoms with van der Waals surface area (Å²) in [5.41, 5.74) is 2.06. The monoisotopic (exact) mass is 380 g/mol. The van der Waals surface area contributed by atoms with Crippen LogP contribution in [0, 0.1) is 18.6 Å². The molecule has 3 aromatic rings. The molecule has 6 heteroatoms. The maximum Gasteiger partial charge on any atom is 0.263 e. The summed E-state index contributed by atoms with van der Waals surface area (Å²) in [4.78, 5) is 17.9. The summed E-state index contributed by atoms with van der Waals surface area (Å²) in [5.74, 6) is 0. The van der Waals surface area contributed by atoms with E-state index in [9.17, 15) is 4.79 Å². The van der Waals surface area contributed by atoms with Gasteiger partial charge in [0, 0.05) is 9.35 Å². The Balaban J connectivity index is 2.21. The molecule has 0 saturated carbocycles. The number of fused-ring (bicyclic) bond motifs is 1. The Bertz CT molecular complexity index is 952. The number of aryl methyl sites for hydroxylation is 2. The van der Waals surface area contributed by atoms with Gasteiger partial charge in [-0.15, -0.1) is 11.3 Å². The second kappa shape index (κ2) is 5.51. The molecule has 0 aliphatic carbocycles. The summed E-state index contributed by atoms with van der Waals surface area (Å²) in [6.07, 6.45) is 0. The van der Waals surface area contributed by atoms with Gasteiger partial charge in [0.25, 0.3) is 5.56 Å². The quantitative estimate of drug-likeness (QED) is 0.662. The number of nitrogens with one attached hydrogen (secondary N) is 1. The van der Waals surface area contributed by atoms with Gasteiger partial charge in [-0.25, -0.2) is 0 Å². The molecule has 1 N–H and O–H groups in total. The lowest BCUT2D eigenvalue weighted by Gasteiger charge is -2.07. The standard InChI is InChI=1S/C15H13BrN2OS2/c1-8-9(2)21-13-12(8)14(19)18(15(20)17-13)7-10-4-3-5-11(16)6-10/h3-6H,7H2,1-2H3,(H,17,20). The molecule has 21 heavy (non-hydrogen) atoms. The van der Waals surface area contributed by atoms with E-state index in [1.807, 2.05) is 38.1 Å². The molecule has 108 valence electrons. The lowest BCUT2D eigenvalue weighted by atomic mass is 10.2. The minimum absolute atomic E-state index is 0.0180. The van der Waals surface area contributed by atoms with Crippen LogP contribution in [0.1, 0.15) is 16.0 Å². The Morgan fingerprint density at radius 1 is 1.38 bits per heavy atom. The molecule has 0 aliphatic heterocycles. The summed E-state index contributed by atoms with van der Waals surface area (Å²) < 4.78 is 3.08. The van der Waals surface area contributed by atoms with Gasteiger partial charge >= 0.3 is 0 Å². The zero-order chi connectivity index (χ0) is 15.1. The summed E-state index contributed by atoms with van der Waals surface area (Å²) in [7, 11) is 0. The fourth-order valence-corrected chi connectivity index (χ4v) is 4.14. The van der Waals surface area contributed by atoms with Crippen molar-refractivity contribution in [3.05, 3.63) is 59.9 Å². The van der Waals surface area contributed by atoms with Crippen molar-refractivity contribution < 1.29 is 0 Å². The van der Waals surface area contributed by atoms with Gasteiger partial charge in [-0.3, -0.25) is 9.36 Å². The van der Waals surface area contributed by atoms with Crippen LogP contribution in [0.3, 0.4) is 0 Å². The number of benzene rings is 1. The van der Waals surface area contributed by atoms with Crippen molar-refractivity contribution >= 4 is 49.7 Å². The van der Waals surface area contributed by atoms with Crippen molar-refractivity contribution in [2.45, 2.75) is 20.4 Å². The maximum atomic E-state index is 12.7. The fourth-order valence-electron chi connectivity index (χ4n) is 2.33. The van der Waals surface area contributed by atoms with Crippen molar-refractivity contribution in [2.24, 2.45) is 0 Å². The van der Waals surface area contributed by atoms with Gasteiger partial charge in [0.15, 0.2) is 4.77 Å². The van der Waals surface area contributed by atoms with Crippen molar-refractivity contribution in [3.8, 4) is 0 Å². The average molecular weight is 381 g/mol. The first-order valence-corrected chi connectivity index (χ1v) is 8.46. The molecular weight excluding hydrogens is 368 g/mol. The third-order valence-electron chi connectivity index (χ3n) is 3.54. The van der Waals surface area contributed by atoms with Crippen LogP contribution >= 0.6 is 39.5 Å². The van der Waals surface area contributed by atoms with Gasteiger partial charge in [-0.1, -0.05) is 28.1 Å². The first kappa shape index (κ1) is 14.7. The molecule has 0 fully saturated rings. The molecule has 0 saturated heterocycles. The van der Waals surface area contributed by atoms with E-state index in [4.69, 9.17) is 12.2 Å². The average Bonchev–Trinajstić information content (AvgIpc) is 2.70. The molecular formula is C15H13BrN2OS2. The van der Waals surface area contributed by atoms with Crippen LogP contribution < -0.4 is 5.56 Å². The highest BCUT2D eigenvalue weighted by Gasteiger charge is 2.13. The number of rotatable bonds is 2. The molecule has 0 bridgehead atoms. The Morgan fingerprint density at radius 2 is 2.14 bits per heavy atom. The Hall–Kier alpha value is -1.24. The van der Waals surface area contributed by atoms with Gasteiger partial charge < -0.3 is 4.98 Å². The van der Waals surface area contributed by atoms with Gasteiger partial charge in [-0.2, -0.15) is 0 Å². The second-order valence-electron chi connectivity index (χ2n) is 4.94. The van der Waals surface area contributed by atoms with Gasteiger partial charge in [-0.05, 0) is 49.3 Å². The van der Waals surface area contributed by atoms with Crippen LogP contribution in [0.25, 0.3) is 10.2 Å². The van der Waals surface area contributed by atoms with Crippen molar-refractivity contribution in [3.63, 3.8) is 0 Å². The van der Waals surface area contributed by atoms with Crippen LogP contribution in [0.15, 0.2) is 33.5 Å². The maximum absolute atomic E-state index is 12.7. The molecule has 0 amide bonds. The van der Waals surface area contributed by atoms with E-state index in [0.717, 1.165) is 30.7 Å². The first-order valence-electron chi connectivity index (χ1n) is 6.44. The van der Waals surface area contributed by atoms with E-state index in [1.165, 1.54) is 0 Å². The predicted molar refractivity (Wildman–Crippen MR) is 94.0 cm³/mol. The summed E-state index contributed by atoms with van der Waals surface area (Å²) in [6.45, 7) is 4.47. The lowest BCUT2D eigenvalue weighted by Crippen LogP contribution is -2.22. The minimum Gasteiger partial charge on any atom is -0.323 e. The van der Waals surface area contributed by atoms with Crippen molar-refractivity contribution in [1.29, 1.82) is 0 Å². The van der Waals surface area contributed by atoms with E-state index in [-0.39, 0.29) is 5.56 Å². The number of nitrogens with zero attached hydrogens (tertiary/aromatic N) is 1. The molecule has 0 unspecified atom stereocenters. The number of halogens is 1. The smallest absolute Gasteiger partial charge is 0.263 e. The molecule has 1 aromatic carbocycles. The number of hydrogen-bond acceptors (Lipinski definition) is 3. The van der Waals surface area contributed by atoms with Crippen LogP contribution in [-0.4, -0.2) is 9.55 Å². The van der Waals surface area contributed by atoms with E-state index in [0.29, 0.717) is 11.3 Å². The highest BCUT2D eigenvalue weighted by Crippen LogP contribution is 2.25. The van der Waals surface area contributed by atoms with Crippen molar-refractivity contribution in [2.75, 3.05) is 0 Å². The summed E-state index contributed by atoms with van der Waals surface area (Å²) in [5, 5.41) is 0.751. The Kier molecular flexibility index (Phi) is 3.86. The van der Waals surface area contributed by atoms with Gasteiger partial charge in [0.2, 0.25) is 0 Å². The number of thiophene rings is 1. The first-order chi connectivity index (χ1) is 9.97. The number of H-pyrrole nitrogens is 1. The topological polar surface area (TPSA) is 37.8 Å². The predicted octanol–water partition coefficient (Wildman–Crippen LogP) is 4.55. The summed E-state index contributed by atoms with van der Waals surface area (Å²) in [6, 6.07) is 7.90. The van der Waals surface area contributed by atoms with Crippen LogP contribution in [0.5, 0.6) is 0 Å². The molecule has 3 nitrogen and oxygen atoms in total. The molecule has 2 aromatic heterocycles. The van der Waals surface area contributed by atoms with Gasteiger partial charge in [0.05, 0.1) is 11.9 Å². The zero-order valence-corrected chi connectivity index (χ0v) is 14.8. The molecule has 2 heterocycles. The minimum atomic E-state index is -0.0180. The summed E-state index contributed by atoms with van der Waals surface area (Å²) >= 11 is 10.4. The molecule has 3 rings (SSSR count). The van der Waals surface area contributed by atoms with Crippen molar-refractivity contribution in [1.82, 2.24) is 9.55 Å². The van der Waals surface area contributed by atoms with E-state index < -0.39 is 0 Å². The van der Waals surface area contributed by atoms with Crippen LogP contribution in [0.4, 0.5) is 0 Å². The normalized spacial score (nSPS) is 11.2.